The summed E-state index contributed by atoms with van der Waals surface area (Å²) < 4.78 is 43.2. The van der Waals surface area contributed by atoms with Gasteiger partial charge in [0.2, 0.25) is 5.91 Å². The summed E-state index contributed by atoms with van der Waals surface area (Å²) >= 11 is 0. The Hall–Kier alpha value is -3.03. The van der Waals surface area contributed by atoms with E-state index in [2.05, 4.69) is 0 Å². The quantitative estimate of drug-likeness (QED) is 0.887. The zero-order valence-electron chi connectivity index (χ0n) is 13.5. The molecule has 0 fully saturated rings. The van der Waals surface area contributed by atoms with Gasteiger partial charge in [-0.15, -0.1) is 0 Å². The van der Waals surface area contributed by atoms with Gasteiger partial charge in [-0.2, -0.15) is 13.2 Å². The lowest BCUT2D eigenvalue weighted by Gasteiger charge is -2.12. The summed E-state index contributed by atoms with van der Waals surface area (Å²) in [6.07, 6.45) is -4.37. The third kappa shape index (κ3) is 3.79. The molecule has 2 aromatic carbocycles. The molecule has 136 valence electrons. The van der Waals surface area contributed by atoms with Crippen molar-refractivity contribution in [3.05, 3.63) is 64.7 Å². The maximum Gasteiger partial charge on any atom is 0.416 e. The molecular formula is C18H15F3N2O3. The first kappa shape index (κ1) is 17.8. The number of fused-ring (bicyclic) bond motifs is 1. The summed E-state index contributed by atoms with van der Waals surface area (Å²) in [5, 5.41) is 0. The summed E-state index contributed by atoms with van der Waals surface area (Å²) in [6.45, 7) is 0.194. The first-order valence-electron chi connectivity index (χ1n) is 7.73. The Kier molecular flexibility index (Phi) is 4.58. The molecule has 2 N–H and O–H groups in total. The number of primary amides is 1. The number of ether oxygens (including phenoxy) is 1. The Morgan fingerprint density at radius 1 is 1.15 bits per heavy atom. The summed E-state index contributed by atoms with van der Waals surface area (Å²) in [5.74, 6) is -0.379. The number of amides is 2. The van der Waals surface area contributed by atoms with Crippen molar-refractivity contribution >= 4 is 11.8 Å². The first-order chi connectivity index (χ1) is 12.2. The summed E-state index contributed by atoms with van der Waals surface area (Å²) in [5.41, 5.74) is 6.18. The molecule has 0 aromatic heterocycles. The first-order valence-corrected chi connectivity index (χ1v) is 7.73. The predicted molar refractivity (Wildman–Crippen MR) is 86.2 cm³/mol. The van der Waals surface area contributed by atoms with Crippen LogP contribution in [-0.4, -0.2) is 23.3 Å². The van der Waals surface area contributed by atoms with Crippen LogP contribution in [0.5, 0.6) is 5.75 Å². The molecule has 0 unspecified atom stereocenters. The molecule has 0 bridgehead atoms. The fourth-order valence-electron chi connectivity index (χ4n) is 2.72. The second kappa shape index (κ2) is 6.70. The molecule has 0 saturated heterocycles. The van der Waals surface area contributed by atoms with E-state index in [4.69, 9.17) is 10.5 Å². The van der Waals surface area contributed by atoms with Gasteiger partial charge in [-0.05, 0) is 41.5 Å². The Labute approximate surface area is 147 Å². The maximum absolute atomic E-state index is 12.5. The zero-order valence-corrected chi connectivity index (χ0v) is 13.5. The van der Waals surface area contributed by atoms with E-state index in [0.717, 1.165) is 12.1 Å². The minimum Gasteiger partial charge on any atom is -0.489 e. The number of alkyl halides is 3. The van der Waals surface area contributed by atoms with Crippen LogP contribution in [0.25, 0.3) is 0 Å². The van der Waals surface area contributed by atoms with E-state index in [1.54, 1.807) is 18.2 Å². The number of nitrogens with two attached hydrogens (primary N) is 1. The van der Waals surface area contributed by atoms with Crippen molar-refractivity contribution in [1.29, 1.82) is 0 Å². The van der Waals surface area contributed by atoms with Crippen LogP contribution >= 0.6 is 0 Å². The summed E-state index contributed by atoms with van der Waals surface area (Å²) in [4.78, 5) is 24.5. The van der Waals surface area contributed by atoms with Crippen LogP contribution in [-0.2, 0) is 24.1 Å². The van der Waals surface area contributed by atoms with Crippen LogP contribution in [0, 0.1) is 0 Å². The molecule has 1 aliphatic heterocycles. The van der Waals surface area contributed by atoms with E-state index in [0.29, 0.717) is 22.4 Å². The van der Waals surface area contributed by atoms with E-state index in [-0.39, 0.29) is 25.6 Å². The van der Waals surface area contributed by atoms with Crippen molar-refractivity contribution in [2.75, 3.05) is 6.54 Å². The number of rotatable bonds is 5. The third-order valence-corrected chi connectivity index (χ3v) is 3.99. The van der Waals surface area contributed by atoms with Gasteiger partial charge >= 0.3 is 6.18 Å². The highest BCUT2D eigenvalue weighted by atomic mass is 19.4. The summed E-state index contributed by atoms with van der Waals surface area (Å²) in [7, 11) is 0. The molecule has 26 heavy (non-hydrogen) atoms. The molecule has 1 aliphatic rings. The highest BCUT2D eigenvalue weighted by Gasteiger charge is 2.30. The zero-order chi connectivity index (χ0) is 18.9. The maximum atomic E-state index is 12.5. The minimum atomic E-state index is -4.37. The monoisotopic (exact) mass is 364 g/mol. The Morgan fingerprint density at radius 2 is 1.85 bits per heavy atom. The number of nitrogens with zero attached hydrogens (tertiary/aromatic N) is 1. The molecule has 1 heterocycles. The number of carbonyl (C=O) groups is 2. The fraction of sp³-hybridized carbons (Fsp3) is 0.222. The van der Waals surface area contributed by atoms with Crippen molar-refractivity contribution in [2.45, 2.75) is 19.3 Å². The lowest BCUT2D eigenvalue weighted by molar-refractivity contribution is -0.137. The highest BCUT2D eigenvalue weighted by molar-refractivity contribution is 6.00. The van der Waals surface area contributed by atoms with Crippen LogP contribution in [0.15, 0.2) is 42.5 Å². The largest absolute Gasteiger partial charge is 0.489 e. The van der Waals surface area contributed by atoms with Gasteiger partial charge in [-0.3, -0.25) is 9.59 Å². The van der Waals surface area contributed by atoms with Crippen LogP contribution in [0.1, 0.15) is 27.0 Å². The van der Waals surface area contributed by atoms with Gasteiger partial charge in [0.1, 0.15) is 12.4 Å². The molecule has 0 atom stereocenters. The standard InChI is InChI=1S/C18H15F3N2O3/c19-18(20,21)13-3-1-11(2-4-13)10-26-14-5-6-15-12(7-14)8-23(17(15)25)9-16(22)24/h1-7H,8-10H2,(H2,22,24). The van der Waals surface area contributed by atoms with E-state index < -0.39 is 17.6 Å². The van der Waals surface area contributed by atoms with Gasteiger partial charge in [-0.1, -0.05) is 12.1 Å². The second-order valence-corrected chi connectivity index (χ2v) is 5.93. The van der Waals surface area contributed by atoms with Crippen molar-refractivity contribution in [3.8, 4) is 5.75 Å². The molecule has 2 amide bonds. The van der Waals surface area contributed by atoms with Crippen LogP contribution < -0.4 is 10.5 Å². The second-order valence-electron chi connectivity index (χ2n) is 5.93. The number of hydrogen-bond acceptors (Lipinski definition) is 3. The molecule has 0 spiro atoms. The van der Waals surface area contributed by atoms with Crippen molar-refractivity contribution < 1.29 is 27.5 Å². The summed E-state index contributed by atoms with van der Waals surface area (Å²) in [6, 6.07) is 9.60. The van der Waals surface area contributed by atoms with E-state index in [9.17, 15) is 22.8 Å². The Balaban J connectivity index is 1.66. The van der Waals surface area contributed by atoms with Gasteiger partial charge in [0, 0.05) is 12.1 Å². The van der Waals surface area contributed by atoms with E-state index >= 15 is 0 Å². The van der Waals surface area contributed by atoms with Gasteiger partial charge in [0.05, 0.1) is 12.1 Å². The van der Waals surface area contributed by atoms with Crippen LogP contribution in [0.4, 0.5) is 13.2 Å². The van der Waals surface area contributed by atoms with Gasteiger partial charge in [0.15, 0.2) is 0 Å². The molecule has 5 nitrogen and oxygen atoms in total. The lowest BCUT2D eigenvalue weighted by Crippen LogP contribution is -2.33. The van der Waals surface area contributed by atoms with Crippen LogP contribution in [0.2, 0.25) is 0 Å². The molecule has 3 rings (SSSR count). The molecular weight excluding hydrogens is 349 g/mol. The number of halogens is 3. The van der Waals surface area contributed by atoms with Gasteiger partial charge in [-0.25, -0.2) is 0 Å². The Morgan fingerprint density at radius 3 is 2.46 bits per heavy atom. The minimum absolute atomic E-state index is 0.0931. The van der Waals surface area contributed by atoms with Gasteiger partial charge in [0.25, 0.3) is 5.91 Å². The van der Waals surface area contributed by atoms with Gasteiger partial charge < -0.3 is 15.4 Å². The molecule has 0 saturated carbocycles. The number of hydrogen-bond donors (Lipinski definition) is 1. The molecule has 2 aromatic rings. The van der Waals surface area contributed by atoms with Crippen molar-refractivity contribution in [3.63, 3.8) is 0 Å². The number of carbonyl (C=O) groups excluding carboxylic acids is 2. The predicted octanol–water partition coefficient (Wildman–Crippen LogP) is 2.73. The topological polar surface area (TPSA) is 72.6 Å². The van der Waals surface area contributed by atoms with Crippen molar-refractivity contribution in [1.82, 2.24) is 4.90 Å². The normalized spacial score (nSPS) is 13.7. The average Bonchev–Trinajstić information content (AvgIpc) is 2.87. The fourth-order valence-corrected chi connectivity index (χ4v) is 2.72. The molecule has 0 radical (unpaired) electrons. The van der Waals surface area contributed by atoms with Crippen LogP contribution in [0.3, 0.4) is 0 Å². The molecule has 0 aliphatic carbocycles. The third-order valence-electron chi connectivity index (χ3n) is 3.99. The highest BCUT2D eigenvalue weighted by Crippen LogP contribution is 2.30. The lowest BCUT2D eigenvalue weighted by atomic mass is 10.1. The molecule has 8 heteroatoms. The smallest absolute Gasteiger partial charge is 0.416 e. The van der Waals surface area contributed by atoms with Crippen molar-refractivity contribution in [2.24, 2.45) is 5.73 Å². The van der Waals surface area contributed by atoms with E-state index in [1.807, 2.05) is 0 Å². The average molecular weight is 364 g/mol. The van der Waals surface area contributed by atoms with E-state index in [1.165, 1.54) is 17.0 Å². The Bertz CT molecular complexity index is 848. The number of benzene rings is 2. The SMILES string of the molecule is NC(=O)CN1Cc2cc(OCc3ccc(C(F)(F)F)cc3)ccc2C1=O.